The number of piperidine rings is 1. The Kier molecular flexibility index (Phi) is 6.35. The number of allylic oxidation sites excluding steroid dienone is 2. The maximum absolute atomic E-state index is 13.7. The zero-order chi connectivity index (χ0) is 22.8. The quantitative estimate of drug-likeness (QED) is 0.573. The molecule has 1 saturated heterocycles. The lowest BCUT2D eigenvalue weighted by atomic mass is 9.71. The number of likely N-dealkylation sites (tertiary alicyclic amines) is 1. The van der Waals surface area contributed by atoms with E-state index in [9.17, 15) is 14.4 Å². The van der Waals surface area contributed by atoms with E-state index in [0.29, 0.717) is 29.2 Å². The van der Waals surface area contributed by atoms with Crippen molar-refractivity contribution in [3.05, 3.63) is 47.3 Å². The molecule has 2 atom stereocenters. The standard InChI is InChI=1S/C25H30N2O5/c1-15-22(25(30)27-12-5-4-6-13-27)23(24-18(26-15)8-7-9-19(24)29)17-10-11-20(32-16(2)28)21(14-17)31-3/h10-11,14,22-23,26H,1,4-9,12-13H2,2-3H3. The van der Waals surface area contributed by atoms with Gasteiger partial charge in [0, 0.05) is 49.3 Å². The van der Waals surface area contributed by atoms with Crippen LogP contribution in [0, 0.1) is 5.92 Å². The molecule has 1 aliphatic carbocycles. The monoisotopic (exact) mass is 438 g/mol. The molecule has 170 valence electrons. The van der Waals surface area contributed by atoms with Crippen molar-refractivity contribution in [1.82, 2.24) is 10.2 Å². The molecule has 0 bridgehead atoms. The summed E-state index contributed by atoms with van der Waals surface area (Å²) in [7, 11) is 1.50. The van der Waals surface area contributed by atoms with E-state index in [1.807, 2.05) is 11.0 Å². The van der Waals surface area contributed by atoms with Gasteiger partial charge in [-0.25, -0.2) is 0 Å². The van der Waals surface area contributed by atoms with Gasteiger partial charge in [-0.05, 0) is 49.8 Å². The number of ketones is 1. The Morgan fingerprint density at radius 1 is 1.09 bits per heavy atom. The maximum Gasteiger partial charge on any atom is 0.308 e. The zero-order valence-corrected chi connectivity index (χ0v) is 18.7. The van der Waals surface area contributed by atoms with Crippen molar-refractivity contribution in [3.8, 4) is 11.5 Å². The highest BCUT2D eigenvalue weighted by molar-refractivity contribution is 6.00. The van der Waals surface area contributed by atoms with Crippen molar-refractivity contribution in [3.63, 3.8) is 0 Å². The molecule has 0 aromatic heterocycles. The molecule has 32 heavy (non-hydrogen) atoms. The van der Waals surface area contributed by atoms with Gasteiger partial charge >= 0.3 is 5.97 Å². The maximum atomic E-state index is 13.7. The van der Waals surface area contributed by atoms with E-state index in [-0.39, 0.29) is 11.7 Å². The van der Waals surface area contributed by atoms with E-state index in [1.54, 1.807) is 12.1 Å². The number of benzene rings is 1. The smallest absolute Gasteiger partial charge is 0.308 e. The number of esters is 1. The van der Waals surface area contributed by atoms with Crippen LogP contribution in [0.2, 0.25) is 0 Å². The van der Waals surface area contributed by atoms with Crippen LogP contribution in [-0.2, 0) is 14.4 Å². The second-order valence-corrected chi connectivity index (χ2v) is 8.66. The summed E-state index contributed by atoms with van der Waals surface area (Å²) in [5, 5.41) is 3.30. The summed E-state index contributed by atoms with van der Waals surface area (Å²) in [5.41, 5.74) is 2.93. The number of amides is 1. The molecule has 4 rings (SSSR count). The number of carbonyl (C=O) groups is 3. The highest BCUT2D eigenvalue weighted by Crippen LogP contribution is 2.46. The van der Waals surface area contributed by atoms with Gasteiger partial charge in [-0.3, -0.25) is 14.4 Å². The van der Waals surface area contributed by atoms with Crippen molar-refractivity contribution in [2.75, 3.05) is 20.2 Å². The molecule has 1 fully saturated rings. The van der Waals surface area contributed by atoms with Crippen molar-refractivity contribution in [2.24, 2.45) is 5.92 Å². The van der Waals surface area contributed by atoms with E-state index < -0.39 is 17.8 Å². The molecule has 0 spiro atoms. The first-order valence-electron chi connectivity index (χ1n) is 11.3. The van der Waals surface area contributed by atoms with Crippen LogP contribution in [0.4, 0.5) is 0 Å². The number of methoxy groups -OCH3 is 1. The molecule has 0 saturated carbocycles. The van der Waals surface area contributed by atoms with Crippen LogP contribution in [0.15, 0.2) is 41.7 Å². The molecule has 1 aromatic rings. The summed E-state index contributed by atoms with van der Waals surface area (Å²) < 4.78 is 10.7. The van der Waals surface area contributed by atoms with Crippen molar-refractivity contribution < 1.29 is 23.9 Å². The summed E-state index contributed by atoms with van der Waals surface area (Å²) in [5.74, 6) is -0.733. The van der Waals surface area contributed by atoms with E-state index in [1.165, 1.54) is 14.0 Å². The van der Waals surface area contributed by atoms with Crippen LogP contribution in [0.1, 0.15) is 56.9 Å². The normalized spacial score (nSPS) is 23.4. The predicted molar refractivity (Wildman–Crippen MR) is 119 cm³/mol. The fourth-order valence-electron chi connectivity index (χ4n) is 5.07. The molecule has 7 nitrogen and oxygen atoms in total. The Morgan fingerprint density at radius 3 is 2.53 bits per heavy atom. The first-order valence-corrected chi connectivity index (χ1v) is 11.3. The fourth-order valence-corrected chi connectivity index (χ4v) is 5.07. The van der Waals surface area contributed by atoms with Gasteiger partial charge in [-0.2, -0.15) is 0 Å². The Morgan fingerprint density at radius 2 is 1.84 bits per heavy atom. The second-order valence-electron chi connectivity index (χ2n) is 8.66. The molecular formula is C25H30N2O5. The number of hydrogen-bond acceptors (Lipinski definition) is 6. The highest BCUT2D eigenvalue weighted by Gasteiger charge is 2.44. The SMILES string of the molecule is C=C1NC2=C(C(=O)CCC2)C(c2ccc(OC(C)=O)c(OC)c2)C1C(=O)N1CCCCC1. The number of nitrogens with one attached hydrogen (secondary N) is 1. The van der Waals surface area contributed by atoms with Crippen LogP contribution in [-0.4, -0.2) is 42.8 Å². The van der Waals surface area contributed by atoms with Gasteiger partial charge in [0.2, 0.25) is 5.91 Å². The molecule has 0 radical (unpaired) electrons. The number of hydrogen-bond donors (Lipinski definition) is 1. The van der Waals surface area contributed by atoms with E-state index >= 15 is 0 Å². The van der Waals surface area contributed by atoms with Gasteiger partial charge in [0.1, 0.15) is 0 Å². The third-order valence-corrected chi connectivity index (χ3v) is 6.52. The van der Waals surface area contributed by atoms with Gasteiger partial charge in [0.15, 0.2) is 17.3 Å². The molecule has 2 aliphatic heterocycles. The molecule has 2 unspecified atom stereocenters. The van der Waals surface area contributed by atoms with Crippen LogP contribution < -0.4 is 14.8 Å². The predicted octanol–water partition coefficient (Wildman–Crippen LogP) is 3.46. The fraction of sp³-hybridized carbons (Fsp3) is 0.480. The lowest BCUT2D eigenvalue weighted by Gasteiger charge is -2.41. The topological polar surface area (TPSA) is 84.9 Å². The summed E-state index contributed by atoms with van der Waals surface area (Å²) in [6, 6.07) is 5.24. The van der Waals surface area contributed by atoms with Gasteiger partial charge < -0.3 is 19.7 Å². The first-order chi connectivity index (χ1) is 15.4. The van der Waals surface area contributed by atoms with Gasteiger partial charge in [-0.1, -0.05) is 12.6 Å². The number of ether oxygens (including phenoxy) is 2. The van der Waals surface area contributed by atoms with Gasteiger partial charge in [-0.15, -0.1) is 0 Å². The van der Waals surface area contributed by atoms with Gasteiger partial charge in [0.25, 0.3) is 0 Å². The Labute approximate surface area is 188 Å². The average molecular weight is 439 g/mol. The number of rotatable bonds is 4. The molecule has 2 heterocycles. The van der Waals surface area contributed by atoms with E-state index in [0.717, 1.165) is 56.5 Å². The molecule has 1 N–H and O–H groups in total. The lowest BCUT2D eigenvalue weighted by molar-refractivity contribution is -0.136. The number of carbonyl (C=O) groups excluding carboxylic acids is 3. The van der Waals surface area contributed by atoms with Gasteiger partial charge in [0.05, 0.1) is 13.0 Å². The molecule has 3 aliphatic rings. The Balaban J connectivity index is 1.81. The minimum atomic E-state index is -0.585. The summed E-state index contributed by atoms with van der Waals surface area (Å²) in [4.78, 5) is 40.1. The zero-order valence-electron chi connectivity index (χ0n) is 18.7. The third kappa shape index (κ3) is 4.16. The third-order valence-electron chi connectivity index (χ3n) is 6.52. The summed E-state index contributed by atoms with van der Waals surface area (Å²) in [6.45, 7) is 6.98. The number of Topliss-reactive ketones (excluding diaryl/α,β-unsaturated/α-hetero) is 1. The summed E-state index contributed by atoms with van der Waals surface area (Å²) in [6.07, 6.45) is 5.10. The molecular weight excluding hydrogens is 408 g/mol. The van der Waals surface area contributed by atoms with Crippen molar-refractivity contribution >= 4 is 17.7 Å². The van der Waals surface area contributed by atoms with Crippen LogP contribution >= 0.6 is 0 Å². The van der Waals surface area contributed by atoms with Crippen molar-refractivity contribution in [2.45, 2.75) is 51.4 Å². The van der Waals surface area contributed by atoms with Crippen LogP contribution in [0.25, 0.3) is 0 Å². The van der Waals surface area contributed by atoms with E-state index in [2.05, 4.69) is 11.9 Å². The van der Waals surface area contributed by atoms with Crippen molar-refractivity contribution in [1.29, 1.82) is 0 Å². The minimum absolute atomic E-state index is 0.000141. The average Bonchev–Trinajstić information content (AvgIpc) is 2.78. The molecule has 7 heteroatoms. The Bertz CT molecular complexity index is 990. The van der Waals surface area contributed by atoms with Crippen LogP contribution in [0.5, 0.6) is 11.5 Å². The minimum Gasteiger partial charge on any atom is -0.493 e. The Hall–Kier alpha value is -3.09. The second kappa shape index (κ2) is 9.18. The van der Waals surface area contributed by atoms with Crippen LogP contribution in [0.3, 0.4) is 0 Å². The molecule has 1 aromatic carbocycles. The first kappa shape index (κ1) is 22.1. The lowest BCUT2D eigenvalue weighted by Crippen LogP contribution is -2.47. The highest BCUT2D eigenvalue weighted by atomic mass is 16.6. The number of nitrogens with zero attached hydrogens (tertiary/aromatic N) is 1. The molecule has 1 amide bonds. The summed E-state index contributed by atoms with van der Waals surface area (Å²) >= 11 is 0. The largest absolute Gasteiger partial charge is 0.493 e. The van der Waals surface area contributed by atoms with E-state index in [4.69, 9.17) is 9.47 Å².